The maximum atomic E-state index is 12.6. The summed E-state index contributed by atoms with van der Waals surface area (Å²) in [5, 5.41) is 0. The van der Waals surface area contributed by atoms with Crippen LogP contribution in [0.25, 0.3) is 0 Å². The summed E-state index contributed by atoms with van der Waals surface area (Å²) < 4.78 is 0. The molecule has 2 unspecified atom stereocenters. The zero-order chi connectivity index (χ0) is 27.2. The molecule has 1 saturated carbocycles. The Morgan fingerprint density at radius 1 is 1.13 bits per heavy atom. The van der Waals surface area contributed by atoms with Gasteiger partial charge in [-0.2, -0.15) is 0 Å². The first-order valence-electron chi connectivity index (χ1n) is 14.0. The molecular weight excluding hydrogens is 478 g/mol. The first-order valence-corrected chi connectivity index (χ1v) is 14.0. The monoisotopic (exact) mass is 523 g/mol. The molecule has 2 heterocycles. The molecule has 1 aromatic carbocycles. The molecule has 0 radical (unpaired) electrons. The second-order valence-corrected chi connectivity index (χ2v) is 11.3. The normalized spacial score (nSPS) is 27.4. The largest absolute Gasteiger partial charge is 0.353 e. The number of aliphatic imine (C=N–C) groups is 1. The predicted octanol–water partition coefficient (Wildman–Crippen LogP) is 1.53. The summed E-state index contributed by atoms with van der Waals surface area (Å²) >= 11 is 0. The second kappa shape index (κ2) is 12.9. The van der Waals surface area contributed by atoms with Crippen molar-refractivity contribution >= 4 is 23.8 Å². The minimum atomic E-state index is 0.0962. The molecule has 3 aliphatic rings. The van der Waals surface area contributed by atoms with E-state index in [4.69, 9.17) is 11.5 Å². The van der Waals surface area contributed by atoms with Gasteiger partial charge < -0.3 is 21.3 Å². The highest BCUT2D eigenvalue weighted by Gasteiger charge is 2.36. The highest BCUT2D eigenvalue weighted by molar-refractivity contribution is 5.94. The Bertz CT molecular complexity index is 997. The number of anilines is 1. The number of benzene rings is 1. The van der Waals surface area contributed by atoms with Crippen LogP contribution in [0.15, 0.2) is 41.5 Å². The zero-order valence-electron chi connectivity index (χ0n) is 23.2. The number of nitrogens with two attached hydrogens (primary N) is 2. The standard InChI is InChI=1S/C29H45N7O2/c1-21-18-36(19-25(21)17-30)22(2)14-23-4-6-27(7-5-23)35(20-37)9-8-28(32-3)33-10-12-34(13-11-33)29(38)24-15-26(31)16-24/h4-9,20-22,24-26H,10-19,30-31H2,1-3H3/b9-8-,32-28+/t21?,22?,24-,25-,26+/m1/s1. The van der Waals surface area contributed by atoms with Crippen molar-refractivity contribution in [3.05, 3.63) is 42.1 Å². The number of carbonyl (C=O) groups excluding carboxylic acids is 2. The first kappa shape index (κ1) is 28.3. The second-order valence-electron chi connectivity index (χ2n) is 11.3. The number of nitrogens with zero attached hydrogens (tertiary/aromatic N) is 5. The highest BCUT2D eigenvalue weighted by atomic mass is 16.2. The van der Waals surface area contributed by atoms with Gasteiger partial charge in [-0.05, 0) is 68.3 Å². The topological polar surface area (TPSA) is 111 Å². The van der Waals surface area contributed by atoms with Gasteiger partial charge in [0.1, 0.15) is 5.84 Å². The van der Waals surface area contributed by atoms with Crippen molar-refractivity contribution in [2.24, 2.45) is 34.2 Å². The molecule has 9 heteroatoms. The van der Waals surface area contributed by atoms with Gasteiger partial charge >= 0.3 is 0 Å². The van der Waals surface area contributed by atoms with E-state index in [1.54, 1.807) is 18.1 Å². The summed E-state index contributed by atoms with van der Waals surface area (Å²) in [6, 6.07) is 8.84. The van der Waals surface area contributed by atoms with E-state index >= 15 is 0 Å². The molecule has 4 rings (SSSR count). The van der Waals surface area contributed by atoms with Crippen molar-refractivity contribution in [1.82, 2.24) is 14.7 Å². The van der Waals surface area contributed by atoms with Crippen LogP contribution in [-0.4, -0.2) is 97.8 Å². The van der Waals surface area contributed by atoms with Crippen LogP contribution in [0.1, 0.15) is 32.3 Å². The molecule has 3 atom stereocenters. The van der Waals surface area contributed by atoms with E-state index in [1.807, 2.05) is 23.1 Å². The van der Waals surface area contributed by atoms with E-state index in [9.17, 15) is 9.59 Å². The van der Waals surface area contributed by atoms with Gasteiger partial charge in [-0.1, -0.05) is 19.1 Å². The number of hydrogen-bond donors (Lipinski definition) is 2. The Morgan fingerprint density at radius 2 is 1.79 bits per heavy atom. The number of piperazine rings is 1. The summed E-state index contributed by atoms with van der Waals surface area (Å²) in [6.07, 6.45) is 7.03. The molecule has 1 aromatic rings. The Morgan fingerprint density at radius 3 is 2.34 bits per heavy atom. The number of amidine groups is 1. The van der Waals surface area contributed by atoms with Gasteiger partial charge in [0.25, 0.3) is 0 Å². The van der Waals surface area contributed by atoms with Gasteiger partial charge in [0.05, 0.1) is 0 Å². The van der Waals surface area contributed by atoms with Crippen molar-refractivity contribution in [3.63, 3.8) is 0 Å². The van der Waals surface area contributed by atoms with E-state index in [1.165, 1.54) is 5.56 Å². The van der Waals surface area contributed by atoms with Gasteiger partial charge in [-0.15, -0.1) is 0 Å². The predicted molar refractivity (Wildman–Crippen MR) is 153 cm³/mol. The number of rotatable bonds is 9. The average molecular weight is 524 g/mol. The smallest absolute Gasteiger partial charge is 0.225 e. The lowest BCUT2D eigenvalue weighted by atomic mass is 9.80. The van der Waals surface area contributed by atoms with E-state index in [2.05, 4.69) is 40.8 Å². The van der Waals surface area contributed by atoms with Crippen LogP contribution < -0.4 is 16.4 Å². The van der Waals surface area contributed by atoms with Crippen molar-refractivity contribution in [2.75, 3.05) is 57.8 Å². The summed E-state index contributed by atoms with van der Waals surface area (Å²) in [5.74, 6) is 2.36. The molecule has 208 valence electrons. The van der Waals surface area contributed by atoms with Crippen molar-refractivity contribution in [2.45, 2.75) is 45.2 Å². The fourth-order valence-corrected chi connectivity index (χ4v) is 5.94. The number of carbonyl (C=O) groups is 2. The minimum Gasteiger partial charge on any atom is -0.353 e. The summed E-state index contributed by atoms with van der Waals surface area (Å²) in [5.41, 5.74) is 13.9. The number of amides is 2. The van der Waals surface area contributed by atoms with Crippen LogP contribution in [0.5, 0.6) is 0 Å². The van der Waals surface area contributed by atoms with Gasteiger partial charge in [-0.3, -0.25) is 24.4 Å². The van der Waals surface area contributed by atoms with E-state index < -0.39 is 0 Å². The van der Waals surface area contributed by atoms with Gasteiger partial charge in [0, 0.05) is 76.2 Å². The van der Waals surface area contributed by atoms with Crippen molar-refractivity contribution < 1.29 is 9.59 Å². The molecule has 0 bridgehead atoms. The van der Waals surface area contributed by atoms with Gasteiger partial charge in [0.2, 0.25) is 12.3 Å². The Balaban J connectivity index is 1.29. The molecule has 1 aliphatic carbocycles. The summed E-state index contributed by atoms with van der Waals surface area (Å²) in [6.45, 7) is 10.3. The molecule has 0 spiro atoms. The quantitative estimate of drug-likeness (QED) is 0.289. The lowest BCUT2D eigenvalue weighted by molar-refractivity contribution is -0.140. The van der Waals surface area contributed by atoms with Crippen LogP contribution in [0.3, 0.4) is 0 Å². The highest BCUT2D eigenvalue weighted by Crippen LogP contribution is 2.28. The minimum absolute atomic E-state index is 0.0962. The molecule has 3 fully saturated rings. The van der Waals surface area contributed by atoms with E-state index in [0.29, 0.717) is 31.0 Å². The summed E-state index contributed by atoms with van der Waals surface area (Å²) in [7, 11) is 1.75. The average Bonchev–Trinajstić information content (AvgIpc) is 3.30. The van der Waals surface area contributed by atoms with E-state index in [0.717, 1.165) is 69.9 Å². The van der Waals surface area contributed by atoms with Crippen LogP contribution in [0.4, 0.5) is 5.69 Å². The third-order valence-corrected chi connectivity index (χ3v) is 8.65. The molecule has 0 aromatic heterocycles. The number of hydrogen-bond acceptors (Lipinski definition) is 6. The molecule has 2 amide bonds. The third kappa shape index (κ3) is 6.62. The third-order valence-electron chi connectivity index (χ3n) is 8.65. The molecular formula is C29H45N7O2. The van der Waals surface area contributed by atoms with E-state index in [-0.39, 0.29) is 17.9 Å². The Kier molecular flexibility index (Phi) is 9.57. The fourth-order valence-electron chi connectivity index (χ4n) is 5.94. The van der Waals surface area contributed by atoms with Crippen LogP contribution in [0, 0.1) is 17.8 Å². The summed E-state index contributed by atoms with van der Waals surface area (Å²) in [4.78, 5) is 37.2. The lowest BCUT2D eigenvalue weighted by Crippen LogP contribution is -2.54. The molecule has 2 saturated heterocycles. The Labute approximate surface area is 227 Å². The molecule has 2 aliphatic heterocycles. The van der Waals surface area contributed by atoms with Crippen LogP contribution >= 0.6 is 0 Å². The SMILES string of the molecule is C/N=C(\C=C/N(C=O)c1ccc(CC(C)N2CC(C)[C@H](CN)C2)cc1)N1CCN(C(=O)[C@H]2C[C@@H](N)C2)CC1. The number of likely N-dealkylation sites (tertiary alicyclic amines) is 1. The maximum absolute atomic E-state index is 12.6. The van der Waals surface area contributed by atoms with Crippen molar-refractivity contribution in [3.8, 4) is 0 Å². The zero-order valence-corrected chi connectivity index (χ0v) is 23.2. The fraction of sp³-hybridized carbons (Fsp3) is 0.621. The van der Waals surface area contributed by atoms with Crippen LogP contribution in [-0.2, 0) is 16.0 Å². The molecule has 9 nitrogen and oxygen atoms in total. The lowest BCUT2D eigenvalue weighted by Gasteiger charge is -2.40. The van der Waals surface area contributed by atoms with Gasteiger partial charge in [-0.25, -0.2) is 0 Å². The van der Waals surface area contributed by atoms with Crippen molar-refractivity contribution in [1.29, 1.82) is 0 Å². The first-order chi connectivity index (χ1) is 18.3. The Hall–Kier alpha value is -2.75. The maximum Gasteiger partial charge on any atom is 0.225 e. The molecule has 38 heavy (non-hydrogen) atoms. The molecule has 4 N–H and O–H groups in total. The van der Waals surface area contributed by atoms with Crippen LogP contribution in [0.2, 0.25) is 0 Å². The van der Waals surface area contributed by atoms with Gasteiger partial charge in [0.15, 0.2) is 0 Å².